The minimum atomic E-state index is -0.00279. The van der Waals surface area contributed by atoms with Crippen molar-refractivity contribution in [3.63, 3.8) is 0 Å². The maximum absolute atomic E-state index is 9.81. The molecule has 0 radical (unpaired) electrons. The second kappa shape index (κ2) is 6.80. The first kappa shape index (κ1) is 16.0. The van der Waals surface area contributed by atoms with E-state index in [2.05, 4.69) is 15.0 Å². The van der Waals surface area contributed by atoms with Gasteiger partial charge < -0.3 is 14.5 Å². The van der Waals surface area contributed by atoms with Crippen LogP contribution in [0, 0.1) is 12.8 Å². The van der Waals surface area contributed by atoms with Gasteiger partial charge in [-0.3, -0.25) is 0 Å². The van der Waals surface area contributed by atoms with Crippen molar-refractivity contribution in [2.75, 3.05) is 18.0 Å². The monoisotopic (exact) mass is 338 g/mol. The number of rotatable bonds is 4. The van der Waals surface area contributed by atoms with E-state index >= 15 is 0 Å². The molecule has 6 nitrogen and oxygen atoms in total. The van der Waals surface area contributed by atoms with Crippen LogP contribution in [0.5, 0.6) is 0 Å². The van der Waals surface area contributed by atoms with E-state index in [1.807, 2.05) is 37.3 Å². The van der Waals surface area contributed by atoms with Crippen LogP contribution in [0.1, 0.15) is 30.1 Å². The van der Waals surface area contributed by atoms with Crippen LogP contribution < -0.4 is 4.90 Å². The molecule has 0 bridgehead atoms. The number of aryl methyl sites for hydroxylation is 1. The molecule has 0 saturated carbocycles. The molecule has 1 unspecified atom stereocenters. The highest BCUT2D eigenvalue weighted by Crippen LogP contribution is 2.29. The number of piperidine rings is 1. The van der Waals surface area contributed by atoms with Gasteiger partial charge >= 0.3 is 0 Å². The van der Waals surface area contributed by atoms with Gasteiger partial charge in [-0.1, -0.05) is 23.4 Å². The van der Waals surface area contributed by atoms with Gasteiger partial charge in [0.15, 0.2) is 5.82 Å². The van der Waals surface area contributed by atoms with E-state index in [4.69, 9.17) is 9.51 Å². The van der Waals surface area contributed by atoms with Crippen molar-refractivity contribution in [2.24, 2.45) is 5.92 Å². The van der Waals surface area contributed by atoms with E-state index in [1.165, 1.54) is 0 Å². The largest absolute Gasteiger partial charge is 0.392 e. The molecule has 1 saturated heterocycles. The number of hydrogen-bond donors (Lipinski definition) is 1. The van der Waals surface area contributed by atoms with E-state index in [-0.39, 0.29) is 6.61 Å². The zero-order valence-electron chi connectivity index (χ0n) is 14.4. The van der Waals surface area contributed by atoms with Crippen LogP contribution in [0.15, 0.2) is 34.9 Å². The number of aromatic nitrogens is 3. The van der Waals surface area contributed by atoms with Gasteiger partial charge in [0.05, 0.1) is 12.1 Å². The molecular weight excluding hydrogens is 316 g/mol. The third-order valence-corrected chi connectivity index (χ3v) is 4.80. The second-order valence-corrected chi connectivity index (χ2v) is 6.72. The molecule has 2 aromatic heterocycles. The number of hydrogen-bond acceptors (Lipinski definition) is 6. The van der Waals surface area contributed by atoms with Crippen molar-refractivity contribution in [3.05, 3.63) is 47.6 Å². The Balaban J connectivity index is 1.59. The third kappa shape index (κ3) is 3.35. The summed E-state index contributed by atoms with van der Waals surface area (Å²) in [6.45, 7) is 3.68. The Kier molecular flexibility index (Phi) is 4.36. The molecule has 1 atom stereocenters. The molecule has 25 heavy (non-hydrogen) atoms. The van der Waals surface area contributed by atoms with Gasteiger partial charge in [0, 0.05) is 30.5 Å². The first-order valence-corrected chi connectivity index (χ1v) is 8.76. The number of aliphatic hydroxyl groups is 1. The summed E-state index contributed by atoms with van der Waals surface area (Å²) in [5.74, 6) is 2.74. The average molecular weight is 338 g/mol. The van der Waals surface area contributed by atoms with Crippen molar-refractivity contribution in [1.29, 1.82) is 0 Å². The maximum atomic E-state index is 9.81. The molecule has 3 heterocycles. The fourth-order valence-corrected chi connectivity index (χ4v) is 3.63. The topological polar surface area (TPSA) is 75.3 Å². The van der Waals surface area contributed by atoms with Gasteiger partial charge in [-0.25, -0.2) is 4.98 Å². The molecule has 130 valence electrons. The van der Waals surface area contributed by atoms with E-state index in [0.29, 0.717) is 17.6 Å². The van der Waals surface area contributed by atoms with Crippen molar-refractivity contribution >= 4 is 16.7 Å². The molecule has 0 spiro atoms. The third-order valence-electron chi connectivity index (χ3n) is 4.80. The molecule has 1 fully saturated rings. The minimum absolute atomic E-state index is 0.00279. The Labute approximate surface area is 146 Å². The standard InChI is InChI=1S/C19H22N4O2/c1-13-20-18(25-22-13)9-14-5-4-8-23(11-14)19-16(12-24)10-15-6-2-3-7-17(15)21-19/h2-3,6-7,10,14,24H,4-5,8-9,11-12H2,1H3. The molecule has 1 aromatic carbocycles. The summed E-state index contributed by atoms with van der Waals surface area (Å²) in [6, 6.07) is 10.1. The van der Waals surface area contributed by atoms with E-state index < -0.39 is 0 Å². The Hall–Kier alpha value is -2.47. The highest BCUT2D eigenvalue weighted by atomic mass is 16.5. The molecule has 1 aliphatic rings. The normalized spacial score (nSPS) is 18.0. The quantitative estimate of drug-likeness (QED) is 0.788. The molecule has 6 heteroatoms. The molecule has 1 aliphatic heterocycles. The highest BCUT2D eigenvalue weighted by molar-refractivity contribution is 5.81. The second-order valence-electron chi connectivity index (χ2n) is 6.72. The number of fused-ring (bicyclic) bond motifs is 1. The smallest absolute Gasteiger partial charge is 0.226 e. The van der Waals surface area contributed by atoms with E-state index in [0.717, 1.165) is 54.6 Å². The van der Waals surface area contributed by atoms with E-state index in [1.54, 1.807) is 0 Å². The fourth-order valence-electron chi connectivity index (χ4n) is 3.63. The van der Waals surface area contributed by atoms with Crippen LogP contribution in [0.4, 0.5) is 5.82 Å². The van der Waals surface area contributed by atoms with Crippen LogP contribution in [-0.2, 0) is 13.0 Å². The molecule has 1 N–H and O–H groups in total. The first-order chi connectivity index (χ1) is 12.2. The van der Waals surface area contributed by atoms with Gasteiger partial charge in [0.1, 0.15) is 5.82 Å². The zero-order chi connectivity index (χ0) is 17.2. The van der Waals surface area contributed by atoms with Gasteiger partial charge in [-0.15, -0.1) is 0 Å². The lowest BCUT2D eigenvalue weighted by Crippen LogP contribution is -2.37. The summed E-state index contributed by atoms with van der Waals surface area (Å²) in [7, 11) is 0. The number of pyridine rings is 1. The predicted molar refractivity (Wildman–Crippen MR) is 95.3 cm³/mol. The lowest BCUT2D eigenvalue weighted by atomic mass is 9.94. The number of aliphatic hydroxyl groups excluding tert-OH is 1. The SMILES string of the molecule is Cc1noc(CC2CCCN(c3nc4ccccc4cc3CO)C2)n1. The number of nitrogens with zero attached hydrogens (tertiary/aromatic N) is 4. The van der Waals surface area contributed by atoms with Gasteiger partial charge in [0.25, 0.3) is 0 Å². The van der Waals surface area contributed by atoms with Crippen molar-refractivity contribution < 1.29 is 9.63 Å². The van der Waals surface area contributed by atoms with Crippen molar-refractivity contribution in [3.8, 4) is 0 Å². The minimum Gasteiger partial charge on any atom is -0.392 e. The highest BCUT2D eigenvalue weighted by Gasteiger charge is 2.24. The van der Waals surface area contributed by atoms with Gasteiger partial charge in [-0.2, -0.15) is 4.98 Å². The Morgan fingerprint density at radius 1 is 1.28 bits per heavy atom. The molecule has 0 amide bonds. The summed E-state index contributed by atoms with van der Waals surface area (Å²) in [6.07, 6.45) is 3.02. The Bertz CT molecular complexity index is 877. The lowest BCUT2D eigenvalue weighted by molar-refractivity contribution is 0.280. The van der Waals surface area contributed by atoms with Crippen molar-refractivity contribution in [1.82, 2.24) is 15.1 Å². The molecule has 3 aromatic rings. The van der Waals surface area contributed by atoms with Gasteiger partial charge in [-0.05, 0) is 37.8 Å². The van der Waals surface area contributed by atoms with Crippen molar-refractivity contribution in [2.45, 2.75) is 32.8 Å². The average Bonchev–Trinajstić information content (AvgIpc) is 3.05. The summed E-state index contributed by atoms with van der Waals surface area (Å²) >= 11 is 0. The number of para-hydroxylation sites is 1. The molecule has 0 aliphatic carbocycles. The fraction of sp³-hybridized carbons (Fsp3) is 0.421. The summed E-state index contributed by atoms with van der Waals surface area (Å²) in [5.41, 5.74) is 1.84. The van der Waals surface area contributed by atoms with Crippen LogP contribution in [0.2, 0.25) is 0 Å². The first-order valence-electron chi connectivity index (χ1n) is 8.76. The molecule has 4 rings (SSSR count). The summed E-state index contributed by atoms with van der Waals surface area (Å²) in [5, 5.41) is 14.7. The Morgan fingerprint density at radius 3 is 2.96 bits per heavy atom. The number of benzene rings is 1. The number of anilines is 1. The van der Waals surface area contributed by atoms with Crippen LogP contribution >= 0.6 is 0 Å². The maximum Gasteiger partial charge on any atom is 0.226 e. The van der Waals surface area contributed by atoms with Gasteiger partial charge in [0.2, 0.25) is 5.89 Å². The van der Waals surface area contributed by atoms with Crippen LogP contribution in [0.25, 0.3) is 10.9 Å². The zero-order valence-corrected chi connectivity index (χ0v) is 14.4. The molecular formula is C19H22N4O2. The van der Waals surface area contributed by atoms with Crippen LogP contribution in [0.3, 0.4) is 0 Å². The summed E-state index contributed by atoms with van der Waals surface area (Å²) in [4.78, 5) is 11.4. The van der Waals surface area contributed by atoms with E-state index in [9.17, 15) is 5.11 Å². The lowest BCUT2D eigenvalue weighted by Gasteiger charge is -2.34. The Morgan fingerprint density at radius 2 is 2.16 bits per heavy atom. The predicted octanol–water partition coefficient (Wildman–Crippen LogP) is 2.88. The van der Waals surface area contributed by atoms with Crippen LogP contribution in [-0.4, -0.2) is 33.3 Å². The summed E-state index contributed by atoms with van der Waals surface area (Å²) < 4.78 is 5.28.